The number of allylic oxidation sites excluding steroid dienone is 5. The summed E-state index contributed by atoms with van der Waals surface area (Å²) in [7, 11) is 1.99. The van der Waals surface area contributed by atoms with E-state index in [-0.39, 0.29) is 0 Å². The van der Waals surface area contributed by atoms with Crippen LogP contribution in [0.25, 0.3) is 11.8 Å². The van der Waals surface area contributed by atoms with E-state index in [1.165, 1.54) is 6.20 Å². The van der Waals surface area contributed by atoms with Gasteiger partial charge in [-0.15, -0.1) is 5.10 Å². The van der Waals surface area contributed by atoms with Gasteiger partial charge in [0, 0.05) is 42.1 Å². The zero-order valence-corrected chi connectivity index (χ0v) is 17.5. The number of nitrogens with one attached hydrogen (secondary N) is 1. The summed E-state index contributed by atoms with van der Waals surface area (Å²) >= 11 is 0. The van der Waals surface area contributed by atoms with E-state index in [0.29, 0.717) is 31.5 Å². The molecule has 1 fully saturated rings. The molecule has 0 aromatic carbocycles. The normalized spacial score (nSPS) is 19.1. The molecule has 0 aliphatic carbocycles. The monoisotopic (exact) mass is 463 g/mol. The van der Waals surface area contributed by atoms with Crippen LogP contribution in [0.1, 0.15) is 19.2 Å². The van der Waals surface area contributed by atoms with E-state index >= 15 is 0 Å². The van der Waals surface area contributed by atoms with Gasteiger partial charge in [0.1, 0.15) is 6.33 Å². The summed E-state index contributed by atoms with van der Waals surface area (Å²) in [6.45, 7) is 5.88. The Labute approximate surface area is 181 Å². The molecular weight excluding hydrogens is 440 g/mol. The number of aromatic nitrogens is 3. The smallest absolute Gasteiger partial charge is 0.352 e. The predicted molar refractivity (Wildman–Crippen MR) is 107 cm³/mol. The lowest BCUT2D eigenvalue weighted by atomic mass is 10.1. The maximum absolute atomic E-state index is 12.9. The molecule has 1 aliphatic rings. The van der Waals surface area contributed by atoms with Crippen LogP contribution in [-0.4, -0.2) is 64.6 Å². The third kappa shape index (κ3) is 7.66. The van der Waals surface area contributed by atoms with E-state index in [1.54, 1.807) is 0 Å². The number of alkyl halides is 6. The Bertz CT molecular complexity index is 926. The number of hydrogen-bond donors (Lipinski definition) is 1. The fourth-order valence-electron chi connectivity index (χ4n) is 2.88. The van der Waals surface area contributed by atoms with Crippen LogP contribution in [0.3, 0.4) is 0 Å². The Hall–Kier alpha value is -2.89. The Kier molecular flexibility index (Phi) is 8.05. The second-order valence-corrected chi connectivity index (χ2v) is 7.47. The molecule has 1 aliphatic heterocycles. The van der Waals surface area contributed by atoms with Crippen LogP contribution < -0.4 is 5.32 Å². The average molecular weight is 463 g/mol. The maximum Gasteiger partial charge on any atom is 0.415 e. The van der Waals surface area contributed by atoms with Gasteiger partial charge in [-0.1, -0.05) is 6.58 Å². The van der Waals surface area contributed by atoms with Gasteiger partial charge in [0.05, 0.1) is 0 Å². The van der Waals surface area contributed by atoms with Gasteiger partial charge in [-0.25, -0.2) is 9.67 Å². The van der Waals surface area contributed by atoms with E-state index in [9.17, 15) is 31.1 Å². The van der Waals surface area contributed by atoms with Gasteiger partial charge in [-0.05, 0) is 45.0 Å². The zero-order chi connectivity index (χ0) is 24.1. The van der Waals surface area contributed by atoms with Crippen LogP contribution >= 0.6 is 0 Å². The fourth-order valence-corrected chi connectivity index (χ4v) is 2.88. The molecule has 1 amide bonds. The second-order valence-electron chi connectivity index (χ2n) is 7.47. The highest BCUT2D eigenvalue weighted by Crippen LogP contribution is 2.31. The van der Waals surface area contributed by atoms with Gasteiger partial charge in [0.25, 0.3) is 0 Å². The van der Waals surface area contributed by atoms with Gasteiger partial charge < -0.3 is 10.2 Å². The molecule has 1 aromatic rings. The lowest BCUT2D eigenvalue weighted by molar-refractivity contribution is -0.116. The van der Waals surface area contributed by atoms with Crippen molar-refractivity contribution < 1.29 is 31.1 Å². The summed E-state index contributed by atoms with van der Waals surface area (Å²) in [6.07, 6.45) is -4.26. The minimum atomic E-state index is -4.83. The Balaban J connectivity index is 2.15. The number of amides is 1. The quantitative estimate of drug-likeness (QED) is 0.379. The molecule has 2 rings (SSSR count). The molecule has 1 unspecified atom stereocenters. The molecule has 0 radical (unpaired) electrons. The molecule has 1 saturated heterocycles. The first-order valence-electron chi connectivity index (χ1n) is 9.55. The summed E-state index contributed by atoms with van der Waals surface area (Å²) in [5.74, 6) is -0.461. The maximum atomic E-state index is 12.9. The largest absolute Gasteiger partial charge is 0.415 e. The highest BCUT2D eigenvalue weighted by Gasteiger charge is 2.33. The number of rotatable bonds is 7. The summed E-state index contributed by atoms with van der Waals surface area (Å²) in [5.41, 5.74) is -3.02. The van der Waals surface area contributed by atoms with Crippen molar-refractivity contribution in [2.24, 2.45) is 5.92 Å². The Morgan fingerprint density at radius 1 is 1.25 bits per heavy atom. The Morgan fingerprint density at radius 3 is 2.50 bits per heavy atom. The number of carbonyl (C=O) groups excluding carboxylic acids is 1. The van der Waals surface area contributed by atoms with Gasteiger partial charge in [-0.2, -0.15) is 26.3 Å². The standard InChI is InChI=1S/C20H23F6N5O/c1-13(19(21,22)23)8-16(9-14(2)20(24,25)26)18-28-12-31(29-18)7-5-17(32)27-10-15-4-6-30(3)11-15/h5,7-9,12,15H,1,4,6,10-11H2,2-3H3,(H,27,32). The fraction of sp³-hybridized carbons (Fsp3) is 0.450. The number of carbonyl (C=O) groups is 1. The van der Waals surface area contributed by atoms with E-state index in [1.807, 2.05) is 7.05 Å². The highest BCUT2D eigenvalue weighted by atomic mass is 19.4. The van der Waals surface area contributed by atoms with Crippen molar-refractivity contribution in [2.75, 3.05) is 26.7 Å². The summed E-state index contributed by atoms with van der Waals surface area (Å²) in [6, 6.07) is 0. The van der Waals surface area contributed by atoms with Gasteiger partial charge >= 0.3 is 12.4 Å². The third-order valence-electron chi connectivity index (χ3n) is 4.71. The lowest BCUT2D eigenvalue weighted by Crippen LogP contribution is -2.29. The molecule has 0 bridgehead atoms. The van der Waals surface area contributed by atoms with Crippen LogP contribution in [-0.2, 0) is 4.79 Å². The van der Waals surface area contributed by atoms with Gasteiger partial charge in [-0.3, -0.25) is 4.79 Å². The van der Waals surface area contributed by atoms with E-state index in [0.717, 1.165) is 36.6 Å². The molecule has 1 atom stereocenters. The highest BCUT2D eigenvalue weighted by molar-refractivity contribution is 5.90. The molecule has 1 aromatic heterocycles. The third-order valence-corrected chi connectivity index (χ3v) is 4.71. The van der Waals surface area contributed by atoms with Crippen LogP contribution in [0.5, 0.6) is 0 Å². The number of halogens is 6. The average Bonchev–Trinajstić information content (AvgIpc) is 3.31. The summed E-state index contributed by atoms with van der Waals surface area (Å²) in [5, 5.41) is 6.58. The molecule has 0 saturated carbocycles. The van der Waals surface area contributed by atoms with E-state index < -0.39 is 40.8 Å². The van der Waals surface area contributed by atoms with Gasteiger partial charge in [0.15, 0.2) is 5.82 Å². The van der Waals surface area contributed by atoms with Crippen molar-refractivity contribution in [1.29, 1.82) is 0 Å². The number of nitrogens with zero attached hydrogens (tertiary/aromatic N) is 4. The van der Waals surface area contributed by atoms with Crippen molar-refractivity contribution in [3.05, 3.63) is 48.1 Å². The zero-order valence-electron chi connectivity index (χ0n) is 17.5. The van der Waals surface area contributed by atoms with Crippen LogP contribution in [0.15, 0.2) is 42.3 Å². The number of likely N-dealkylation sites (tertiary alicyclic amines) is 1. The molecule has 6 nitrogen and oxygen atoms in total. The van der Waals surface area contributed by atoms with Crippen LogP contribution in [0, 0.1) is 5.92 Å². The lowest BCUT2D eigenvalue weighted by Gasteiger charge is -2.10. The first-order valence-corrected chi connectivity index (χ1v) is 9.55. The SMILES string of the molecule is C=C(C=C(C=C(C)C(F)(F)F)c1ncn(C=CC(=O)NCC2CCN(C)C2)n1)C(F)(F)F. The molecule has 12 heteroatoms. The van der Waals surface area contributed by atoms with E-state index in [2.05, 4.69) is 26.9 Å². The molecular formula is C20H23F6N5O. The van der Waals surface area contributed by atoms with Crippen LogP contribution in [0.4, 0.5) is 26.3 Å². The number of hydrogen-bond acceptors (Lipinski definition) is 4. The van der Waals surface area contributed by atoms with Crippen molar-refractivity contribution in [3.8, 4) is 0 Å². The van der Waals surface area contributed by atoms with Crippen molar-refractivity contribution in [2.45, 2.75) is 25.7 Å². The van der Waals surface area contributed by atoms with Crippen molar-refractivity contribution in [1.82, 2.24) is 25.0 Å². The molecule has 32 heavy (non-hydrogen) atoms. The Morgan fingerprint density at radius 2 is 1.94 bits per heavy atom. The second kappa shape index (κ2) is 10.2. The minimum absolute atomic E-state index is 0.341. The van der Waals surface area contributed by atoms with Crippen LogP contribution in [0.2, 0.25) is 0 Å². The molecule has 0 spiro atoms. The minimum Gasteiger partial charge on any atom is -0.352 e. The van der Waals surface area contributed by atoms with E-state index in [4.69, 9.17) is 0 Å². The molecule has 1 N–H and O–H groups in total. The van der Waals surface area contributed by atoms with Crippen molar-refractivity contribution in [3.63, 3.8) is 0 Å². The first-order chi connectivity index (χ1) is 14.8. The topological polar surface area (TPSA) is 63.1 Å². The van der Waals surface area contributed by atoms with Gasteiger partial charge in [0.2, 0.25) is 5.91 Å². The molecule has 176 valence electrons. The molecule has 2 heterocycles. The summed E-state index contributed by atoms with van der Waals surface area (Å²) in [4.78, 5) is 17.9. The van der Waals surface area contributed by atoms with Crippen molar-refractivity contribution >= 4 is 17.7 Å². The predicted octanol–water partition coefficient (Wildman–Crippen LogP) is 3.83. The summed E-state index contributed by atoms with van der Waals surface area (Å²) < 4.78 is 78.1. The first kappa shape index (κ1) is 25.4.